The lowest BCUT2D eigenvalue weighted by atomic mass is 10.2. The summed E-state index contributed by atoms with van der Waals surface area (Å²) in [5.74, 6) is -0.938. The van der Waals surface area contributed by atoms with Crippen LogP contribution in [0.5, 0.6) is 5.75 Å². The van der Waals surface area contributed by atoms with Crippen LogP contribution in [0.15, 0.2) is 53.4 Å². The molecule has 2 rings (SSSR count). The topological polar surface area (TPSA) is 84.5 Å². The van der Waals surface area contributed by atoms with E-state index in [1.54, 1.807) is 12.1 Å². The lowest BCUT2D eigenvalue weighted by Gasteiger charge is -2.05. The minimum atomic E-state index is -3.50. The highest BCUT2D eigenvalue weighted by Gasteiger charge is 2.10. The van der Waals surface area contributed by atoms with Gasteiger partial charge >= 0.3 is 0 Å². The molecule has 0 aliphatic rings. The Morgan fingerprint density at radius 3 is 2.40 bits per heavy atom. The first-order valence-corrected chi connectivity index (χ1v) is 8.70. The van der Waals surface area contributed by atoms with Crippen molar-refractivity contribution in [3.63, 3.8) is 0 Å². The average molecular weight is 364 g/mol. The number of methoxy groups -OCH3 is 1. The van der Waals surface area contributed by atoms with Gasteiger partial charge in [0, 0.05) is 17.8 Å². The molecule has 0 atom stereocenters. The Kier molecular flexibility index (Phi) is 5.89. The summed E-state index contributed by atoms with van der Waals surface area (Å²) in [6.45, 7) is 0. The van der Waals surface area contributed by atoms with Crippen LogP contribution in [0, 0.1) is 5.82 Å². The van der Waals surface area contributed by atoms with E-state index in [1.165, 1.54) is 50.6 Å². The molecule has 0 aliphatic heterocycles. The van der Waals surface area contributed by atoms with Crippen molar-refractivity contribution in [3.8, 4) is 5.75 Å². The molecule has 8 heteroatoms. The number of anilines is 1. The minimum Gasteiger partial charge on any atom is -0.494 e. The van der Waals surface area contributed by atoms with Crippen LogP contribution < -0.4 is 14.8 Å². The maximum absolute atomic E-state index is 13.6. The van der Waals surface area contributed by atoms with Crippen LogP contribution in [-0.4, -0.2) is 28.5 Å². The second-order valence-corrected chi connectivity index (χ2v) is 6.84. The number of sulfonamides is 1. The van der Waals surface area contributed by atoms with E-state index in [0.29, 0.717) is 11.3 Å². The predicted molar refractivity (Wildman–Crippen MR) is 93.3 cm³/mol. The highest BCUT2D eigenvalue weighted by Crippen LogP contribution is 2.20. The van der Waals surface area contributed by atoms with E-state index in [-0.39, 0.29) is 10.6 Å². The van der Waals surface area contributed by atoms with E-state index in [0.717, 1.165) is 6.07 Å². The lowest BCUT2D eigenvalue weighted by molar-refractivity contribution is -0.111. The fourth-order valence-electron chi connectivity index (χ4n) is 1.98. The van der Waals surface area contributed by atoms with E-state index in [1.807, 2.05) is 0 Å². The van der Waals surface area contributed by atoms with Crippen LogP contribution >= 0.6 is 0 Å². The van der Waals surface area contributed by atoms with Crippen LogP contribution in [0.25, 0.3) is 6.08 Å². The van der Waals surface area contributed by atoms with Crippen molar-refractivity contribution >= 4 is 27.7 Å². The van der Waals surface area contributed by atoms with E-state index < -0.39 is 21.7 Å². The number of nitrogens with one attached hydrogen (secondary N) is 2. The fraction of sp³-hybridized carbons (Fsp3) is 0.118. The second kappa shape index (κ2) is 7.91. The first kappa shape index (κ1) is 18.6. The highest BCUT2D eigenvalue weighted by atomic mass is 32.2. The molecule has 0 unspecified atom stereocenters. The molecule has 1 amide bonds. The molecule has 2 aromatic carbocycles. The van der Waals surface area contributed by atoms with Gasteiger partial charge in [-0.3, -0.25) is 4.79 Å². The molecule has 0 bridgehead atoms. The summed E-state index contributed by atoms with van der Waals surface area (Å²) >= 11 is 0. The fourth-order valence-corrected chi connectivity index (χ4v) is 2.71. The van der Waals surface area contributed by atoms with Crippen LogP contribution in [0.3, 0.4) is 0 Å². The van der Waals surface area contributed by atoms with Gasteiger partial charge in [-0.25, -0.2) is 17.5 Å². The van der Waals surface area contributed by atoms with E-state index in [9.17, 15) is 17.6 Å². The van der Waals surface area contributed by atoms with Gasteiger partial charge < -0.3 is 10.1 Å². The Hall–Kier alpha value is -2.71. The largest absolute Gasteiger partial charge is 0.494 e. The zero-order chi connectivity index (χ0) is 18.4. The number of carbonyl (C=O) groups is 1. The van der Waals surface area contributed by atoms with E-state index in [2.05, 4.69) is 10.0 Å². The third-order valence-corrected chi connectivity index (χ3v) is 4.74. The molecule has 0 fully saturated rings. The van der Waals surface area contributed by atoms with Crippen molar-refractivity contribution in [2.24, 2.45) is 0 Å². The summed E-state index contributed by atoms with van der Waals surface area (Å²) in [6, 6.07) is 10.1. The van der Waals surface area contributed by atoms with Gasteiger partial charge in [-0.2, -0.15) is 0 Å². The number of carbonyl (C=O) groups excluding carboxylic acids is 1. The molecule has 0 radical (unpaired) electrons. The molecule has 0 aromatic heterocycles. The Bertz CT molecular complexity index is 893. The van der Waals surface area contributed by atoms with Crippen molar-refractivity contribution in [2.75, 3.05) is 19.5 Å². The van der Waals surface area contributed by atoms with Gasteiger partial charge in [-0.05, 0) is 43.0 Å². The van der Waals surface area contributed by atoms with Crippen molar-refractivity contribution in [1.29, 1.82) is 0 Å². The smallest absolute Gasteiger partial charge is 0.248 e. The van der Waals surface area contributed by atoms with Crippen LogP contribution in [0.1, 0.15) is 5.56 Å². The molecular weight excluding hydrogens is 347 g/mol. The average Bonchev–Trinajstić information content (AvgIpc) is 2.60. The highest BCUT2D eigenvalue weighted by molar-refractivity contribution is 7.89. The van der Waals surface area contributed by atoms with Crippen molar-refractivity contribution in [3.05, 3.63) is 59.9 Å². The molecule has 0 aliphatic carbocycles. The van der Waals surface area contributed by atoms with Gasteiger partial charge in [0.25, 0.3) is 0 Å². The van der Waals surface area contributed by atoms with Crippen LogP contribution in [0.2, 0.25) is 0 Å². The molecule has 2 N–H and O–H groups in total. The molecule has 0 saturated carbocycles. The summed E-state index contributed by atoms with van der Waals surface area (Å²) in [5, 5.41) is 2.52. The molecule has 25 heavy (non-hydrogen) atoms. The summed E-state index contributed by atoms with van der Waals surface area (Å²) in [5.41, 5.74) is 0.939. The predicted octanol–water partition coefficient (Wildman–Crippen LogP) is 2.39. The second-order valence-electron chi connectivity index (χ2n) is 4.95. The monoisotopic (exact) mass is 364 g/mol. The van der Waals surface area contributed by atoms with E-state index >= 15 is 0 Å². The zero-order valence-corrected chi connectivity index (χ0v) is 14.4. The normalized spacial score (nSPS) is 11.5. The quantitative estimate of drug-likeness (QED) is 0.771. The van der Waals surface area contributed by atoms with E-state index in [4.69, 9.17) is 4.74 Å². The molecule has 0 saturated heterocycles. The Morgan fingerprint density at radius 2 is 1.84 bits per heavy atom. The van der Waals surface area contributed by atoms with Crippen LogP contribution in [-0.2, 0) is 14.8 Å². The molecule has 2 aromatic rings. The first-order chi connectivity index (χ1) is 11.9. The molecular formula is C17H17FN2O4S. The lowest BCUT2D eigenvalue weighted by Crippen LogP contribution is -2.18. The molecule has 0 spiro atoms. The maximum atomic E-state index is 13.6. The summed E-state index contributed by atoms with van der Waals surface area (Å²) in [4.78, 5) is 12.0. The maximum Gasteiger partial charge on any atom is 0.248 e. The van der Waals surface area contributed by atoms with Gasteiger partial charge in [-0.15, -0.1) is 0 Å². The third-order valence-electron chi connectivity index (χ3n) is 3.31. The number of hydrogen-bond donors (Lipinski definition) is 2. The van der Waals surface area contributed by atoms with Crippen molar-refractivity contribution in [1.82, 2.24) is 4.72 Å². The minimum absolute atomic E-state index is 0.0881. The van der Waals surface area contributed by atoms with Gasteiger partial charge in [0.05, 0.1) is 12.0 Å². The Labute approximate surface area is 145 Å². The number of hydrogen-bond acceptors (Lipinski definition) is 4. The van der Waals surface area contributed by atoms with Gasteiger partial charge in [-0.1, -0.05) is 12.1 Å². The zero-order valence-electron chi connectivity index (χ0n) is 13.6. The third kappa shape index (κ3) is 4.88. The van der Waals surface area contributed by atoms with Gasteiger partial charge in [0.2, 0.25) is 15.9 Å². The number of halogens is 1. The van der Waals surface area contributed by atoms with Gasteiger partial charge in [0.1, 0.15) is 0 Å². The van der Waals surface area contributed by atoms with Crippen molar-refractivity contribution < 1.29 is 22.3 Å². The Balaban J connectivity index is 2.04. The number of ether oxygens (including phenoxy) is 1. The summed E-state index contributed by atoms with van der Waals surface area (Å²) in [6.07, 6.45) is 2.79. The molecule has 6 nitrogen and oxygen atoms in total. The number of rotatable bonds is 6. The SMILES string of the molecule is CNS(=O)(=O)c1ccc(C=CC(=O)Nc2ccc(OC)c(F)c2)cc1. The van der Waals surface area contributed by atoms with Crippen LogP contribution in [0.4, 0.5) is 10.1 Å². The Morgan fingerprint density at radius 1 is 1.16 bits per heavy atom. The number of benzene rings is 2. The summed E-state index contributed by atoms with van der Waals surface area (Å²) in [7, 11) is -0.813. The molecule has 0 heterocycles. The number of amides is 1. The van der Waals surface area contributed by atoms with Gasteiger partial charge in [0.15, 0.2) is 11.6 Å². The first-order valence-electron chi connectivity index (χ1n) is 7.22. The molecule has 132 valence electrons. The summed E-state index contributed by atoms with van der Waals surface area (Å²) < 4.78 is 43.8. The standard InChI is InChI=1S/C17H17FN2O4S/c1-19-25(22,23)14-7-3-12(4-8-14)5-10-17(21)20-13-6-9-16(24-2)15(18)11-13/h3-11,19H,1-2H3,(H,20,21). The van der Waals surface area contributed by atoms with Crippen molar-refractivity contribution in [2.45, 2.75) is 4.90 Å².